The monoisotopic (exact) mass is 425 g/mol. The first-order valence-electron chi connectivity index (χ1n) is 5.44. The Kier molecular flexibility index (Phi) is 23.6. The van der Waals surface area contributed by atoms with Crippen molar-refractivity contribution in [2.24, 2.45) is 0 Å². The summed E-state index contributed by atoms with van der Waals surface area (Å²) in [6.07, 6.45) is 0. The maximum absolute atomic E-state index is 9.75. The minimum absolute atomic E-state index is 0. The van der Waals surface area contributed by atoms with E-state index in [0.717, 1.165) is 0 Å². The molecule has 0 spiro atoms. The van der Waals surface area contributed by atoms with E-state index in [1.807, 2.05) is 0 Å². The smallest absolute Gasteiger partial charge is 1.00 e. The van der Waals surface area contributed by atoms with Crippen LogP contribution in [0.15, 0.2) is 24.3 Å². The summed E-state index contributed by atoms with van der Waals surface area (Å²) in [6.45, 7) is 4.21. The summed E-state index contributed by atoms with van der Waals surface area (Å²) < 4.78 is 117. The van der Waals surface area contributed by atoms with Gasteiger partial charge in [0.05, 0.1) is 0 Å². The summed E-state index contributed by atoms with van der Waals surface area (Å²) in [7, 11) is -18.0. The van der Waals surface area contributed by atoms with Crippen molar-refractivity contribution >= 4 is 21.8 Å². The third kappa shape index (κ3) is 115. The van der Waals surface area contributed by atoms with Crippen LogP contribution < -0.4 is 51.4 Å². The number of aryl methyl sites for hydroxylation is 2. The van der Waals surface area contributed by atoms with Gasteiger partial charge in [-0.2, -0.15) is 0 Å². The zero-order valence-corrected chi connectivity index (χ0v) is 16.2. The molecule has 1 aromatic carbocycles. The molecule has 17 heteroatoms. The van der Waals surface area contributed by atoms with E-state index in [4.69, 9.17) is 0 Å². The first-order chi connectivity index (χ1) is 9.79. The second-order valence-electron chi connectivity index (χ2n) is 3.64. The summed E-state index contributed by atoms with van der Waals surface area (Å²) in [5, 5.41) is 0. The first-order valence-corrected chi connectivity index (χ1v) is 5.44. The quantitative estimate of drug-likeness (QED) is 0.453. The molecule has 0 fully saturated rings. The molecule has 1 rings (SSSR count). The van der Waals surface area contributed by atoms with Gasteiger partial charge in [0.2, 0.25) is 0 Å². The predicted molar refractivity (Wildman–Crippen MR) is 71.2 cm³/mol. The molecule has 0 saturated carbocycles. The Morgan fingerprint density at radius 3 is 0.840 bits per heavy atom. The van der Waals surface area contributed by atoms with Crippen LogP contribution in [0.1, 0.15) is 12.6 Å². The Morgan fingerprint density at radius 2 is 0.760 bits per heavy atom. The molecule has 0 aliphatic carbocycles. The Bertz CT molecular complexity index is 364. The molecule has 0 atom stereocenters. The maximum Gasteiger partial charge on any atom is 1.00 e. The minimum Gasteiger partial charge on any atom is -1.00 e. The minimum atomic E-state index is -6.00. The fraction of sp³-hybridized carbons (Fsp3) is 0.250. The van der Waals surface area contributed by atoms with Crippen molar-refractivity contribution in [2.75, 3.05) is 0 Å². The molecule has 25 heavy (non-hydrogen) atoms. The van der Waals surface area contributed by atoms with Gasteiger partial charge >= 0.3 is 73.1 Å². The standard InChI is InChI=1S/C8H10.3BF4.K.H2O.H/c1-7-4-3-5-8(2)6-7;3*2-1(3,4)5;;;/h3-6H,1-2H3;;;;;1H2;/q;3*-1;+1;;-1. The second kappa shape index (κ2) is 16.4. The van der Waals surface area contributed by atoms with Gasteiger partial charge in [0.25, 0.3) is 0 Å². The second-order valence-corrected chi connectivity index (χ2v) is 3.64. The fourth-order valence-electron chi connectivity index (χ4n) is 0.807. The molecule has 0 unspecified atom stereocenters. The van der Waals surface area contributed by atoms with Crippen molar-refractivity contribution in [3.8, 4) is 0 Å². The van der Waals surface area contributed by atoms with Crippen LogP contribution in [0.5, 0.6) is 0 Å². The van der Waals surface area contributed by atoms with Crippen LogP contribution in [0.2, 0.25) is 0 Å². The van der Waals surface area contributed by atoms with Gasteiger partial charge in [0, 0.05) is 0 Å². The van der Waals surface area contributed by atoms with Gasteiger partial charge in [-0.05, 0) is 13.8 Å². The first kappa shape index (κ1) is 36.1. The van der Waals surface area contributed by atoms with E-state index in [2.05, 4.69) is 38.1 Å². The normalized spacial score (nSPS) is 10.2. The Hall–Kier alpha value is 0.171. The molecule has 0 amide bonds. The molecule has 148 valence electrons. The van der Waals surface area contributed by atoms with Gasteiger partial charge in [-0.25, -0.2) is 0 Å². The molecule has 0 bridgehead atoms. The molecule has 0 saturated heterocycles. The van der Waals surface area contributed by atoms with E-state index in [0.29, 0.717) is 0 Å². The maximum atomic E-state index is 9.75. The van der Waals surface area contributed by atoms with E-state index in [9.17, 15) is 51.8 Å². The van der Waals surface area contributed by atoms with Crippen LogP contribution in [0.3, 0.4) is 0 Å². The van der Waals surface area contributed by atoms with Gasteiger partial charge in [-0.15, -0.1) is 0 Å². The molecule has 0 aliphatic rings. The van der Waals surface area contributed by atoms with E-state index in [-0.39, 0.29) is 58.3 Å². The number of rotatable bonds is 0. The van der Waals surface area contributed by atoms with Crippen molar-refractivity contribution in [2.45, 2.75) is 13.8 Å². The number of benzene rings is 1. The third-order valence-electron chi connectivity index (χ3n) is 1.17. The van der Waals surface area contributed by atoms with Crippen LogP contribution in [-0.4, -0.2) is 27.2 Å². The molecule has 0 radical (unpaired) electrons. The van der Waals surface area contributed by atoms with Crippen LogP contribution in [-0.2, 0) is 0 Å². The molecule has 0 heterocycles. The molecular weight excluding hydrogens is 412 g/mol. The van der Waals surface area contributed by atoms with Crippen LogP contribution >= 0.6 is 0 Å². The molecule has 0 aromatic heterocycles. The van der Waals surface area contributed by atoms with E-state index in [1.165, 1.54) is 11.1 Å². The summed E-state index contributed by atoms with van der Waals surface area (Å²) in [5.41, 5.74) is 2.68. The fourth-order valence-corrected chi connectivity index (χ4v) is 0.807. The van der Waals surface area contributed by atoms with E-state index >= 15 is 0 Å². The van der Waals surface area contributed by atoms with Gasteiger partial charge in [0.15, 0.2) is 0 Å². The van der Waals surface area contributed by atoms with Gasteiger partial charge in [0.1, 0.15) is 0 Å². The Morgan fingerprint density at radius 1 is 0.600 bits per heavy atom. The van der Waals surface area contributed by atoms with Crippen molar-refractivity contribution in [3.05, 3.63) is 35.4 Å². The molecule has 2 N–H and O–H groups in total. The average Bonchev–Trinajstić information content (AvgIpc) is 2.07. The van der Waals surface area contributed by atoms with E-state index in [1.54, 1.807) is 0 Å². The third-order valence-corrected chi connectivity index (χ3v) is 1.17. The SMILES string of the molecule is Cc1cccc(C)c1.F[B-](F)(F)F.F[B-](F)(F)F.F[B-](F)(F)F.O.[H-].[K+]. The van der Waals surface area contributed by atoms with Crippen molar-refractivity contribution < 1.29 is 110 Å². The number of hydrogen-bond donors (Lipinski definition) is 0. The van der Waals surface area contributed by atoms with Crippen LogP contribution in [0.4, 0.5) is 51.8 Å². The van der Waals surface area contributed by atoms with Gasteiger partial charge < -0.3 is 58.7 Å². The molecule has 0 aliphatic heterocycles. The topological polar surface area (TPSA) is 31.5 Å². The summed E-state index contributed by atoms with van der Waals surface area (Å²) >= 11 is 0. The number of hydrogen-bond acceptors (Lipinski definition) is 0. The molecule has 1 nitrogen and oxygen atoms in total. The molecular formula is C8H13B3F12KO-3. The largest absolute Gasteiger partial charge is 1.00 e. The van der Waals surface area contributed by atoms with E-state index < -0.39 is 21.8 Å². The van der Waals surface area contributed by atoms with Crippen molar-refractivity contribution in [1.29, 1.82) is 0 Å². The van der Waals surface area contributed by atoms with Crippen molar-refractivity contribution in [3.63, 3.8) is 0 Å². The number of halogens is 12. The zero-order valence-electron chi connectivity index (χ0n) is 14.1. The summed E-state index contributed by atoms with van der Waals surface area (Å²) in [4.78, 5) is 0. The average molecular weight is 425 g/mol. The predicted octanol–water partition coefficient (Wildman–Crippen LogP) is 2.50. The summed E-state index contributed by atoms with van der Waals surface area (Å²) in [6, 6.07) is 8.45. The van der Waals surface area contributed by atoms with Crippen LogP contribution in [0.25, 0.3) is 0 Å². The van der Waals surface area contributed by atoms with Gasteiger partial charge in [-0.1, -0.05) is 35.4 Å². The van der Waals surface area contributed by atoms with Crippen LogP contribution in [0, 0.1) is 13.8 Å². The van der Waals surface area contributed by atoms with Gasteiger partial charge in [-0.3, -0.25) is 0 Å². The zero-order chi connectivity index (χ0) is 19.5. The molecule has 1 aromatic rings. The Labute approximate surface area is 180 Å². The summed E-state index contributed by atoms with van der Waals surface area (Å²) in [5.74, 6) is 0. The Balaban J connectivity index is -0.0000000508. The van der Waals surface area contributed by atoms with Crippen molar-refractivity contribution in [1.82, 2.24) is 0 Å².